The van der Waals surface area contributed by atoms with Gasteiger partial charge in [0, 0.05) is 25.5 Å². The number of esters is 3. The van der Waals surface area contributed by atoms with Crippen LogP contribution >= 0.6 is 11.3 Å². The summed E-state index contributed by atoms with van der Waals surface area (Å²) in [7, 11) is 0. The molecule has 0 saturated heterocycles. The number of benzene rings is 2. The second-order valence-electron chi connectivity index (χ2n) is 8.10. The highest BCUT2D eigenvalue weighted by molar-refractivity contribution is 7.07. The van der Waals surface area contributed by atoms with Gasteiger partial charge in [0.15, 0.2) is 4.80 Å². The van der Waals surface area contributed by atoms with Gasteiger partial charge in [-0.1, -0.05) is 41.7 Å². The van der Waals surface area contributed by atoms with E-state index in [1.54, 1.807) is 26.0 Å². The number of nitrogens with zero attached hydrogens (tertiary/aromatic N) is 2. The van der Waals surface area contributed by atoms with Crippen LogP contribution in [0.5, 0.6) is 11.5 Å². The summed E-state index contributed by atoms with van der Waals surface area (Å²) in [4.78, 5) is 54.6. The third-order valence-electron chi connectivity index (χ3n) is 5.42. The summed E-state index contributed by atoms with van der Waals surface area (Å²) >= 11 is 1.14. The Hall–Kier alpha value is -4.31. The Morgan fingerprint density at radius 2 is 1.76 bits per heavy atom. The number of thiazole rings is 1. The van der Waals surface area contributed by atoms with Gasteiger partial charge in [-0.05, 0) is 37.6 Å². The minimum Gasteiger partial charge on any atom is -0.463 e. The Balaban J connectivity index is 1.91. The van der Waals surface area contributed by atoms with Crippen molar-refractivity contribution in [1.82, 2.24) is 4.57 Å². The average molecular weight is 521 g/mol. The summed E-state index contributed by atoms with van der Waals surface area (Å²) < 4.78 is 17.5. The van der Waals surface area contributed by atoms with Crippen LogP contribution in [0.4, 0.5) is 0 Å². The maximum absolute atomic E-state index is 13.7. The Morgan fingerprint density at radius 3 is 2.41 bits per heavy atom. The molecule has 0 amide bonds. The van der Waals surface area contributed by atoms with E-state index < -0.39 is 23.9 Å². The third-order valence-corrected chi connectivity index (χ3v) is 6.40. The van der Waals surface area contributed by atoms with E-state index >= 15 is 0 Å². The Morgan fingerprint density at radius 1 is 1.05 bits per heavy atom. The number of hydrogen-bond donors (Lipinski definition) is 0. The van der Waals surface area contributed by atoms with Crippen LogP contribution in [0.25, 0.3) is 6.08 Å². The molecule has 9 nitrogen and oxygen atoms in total. The number of aromatic nitrogens is 1. The van der Waals surface area contributed by atoms with E-state index in [9.17, 15) is 19.2 Å². The van der Waals surface area contributed by atoms with E-state index in [2.05, 4.69) is 4.99 Å². The molecule has 0 aliphatic carbocycles. The number of ether oxygens (including phenoxy) is 3. The number of hydrogen-bond acceptors (Lipinski definition) is 9. The fourth-order valence-corrected chi connectivity index (χ4v) is 5.03. The molecular formula is C27H24N2O7S. The van der Waals surface area contributed by atoms with Crippen molar-refractivity contribution in [2.45, 2.75) is 33.7 Å². The van der Waals surface area contributed by atoms with Gasteiger partial charge < -0.3 is 14.2 Å². The number of carbonyl (C=O) groups is 3. The first-order chi connectivity index (χ1) is 17.7. The summed E-state index contributed by atoms with van der Waals surface area (Å²) in [5.74, 6) is -1.32. The van der Waals surface area contributed by atoms with Crippen LogP contribution < -0.4 is 24.4 Å². The summed E-state index contributed by atoms with van der Waals surface area (Å²) in [5.41, 5.74) is 1.54. The first kappa shape index (κ1) is 25.8. The standard InChI is InChI=1S/C27H24N2O7S/c1-5-34-26(33)23-15(2)28-27-29(24(23)18-9-7-6-8-10-18)25(32)22(37-27)13-19-11-12-20(35-16(3)30)14-21(19)36-17(4)31/h6-14,24H,5H2,1-4H3/t24-/m1/s1. The molecule has 10 heteroatoms. The maximum atomic E-state index is 13.7. The van der Waals surface area contributed by atoms with E-state index in [0.29, 0.717) is 26.2 Å². The van der Waals surface area contributed by atoms with Crippen LogP contribution in [0.15, 0.2) is 69.6 Å². The summed E-state index contributed by atoms with van der Waals surface area (Å²) in [6.45, 7) is 6.12. The molecule has 0 saturated carbocycles. The van der Waals surface area contributed by atoms with E-state index in [0.717, 1.165) is 16.9 Å². The van der Waals surface area contributed by atoms with Crippen molar-refractivity contribution in [2.75, 3.05) is 6.61 Å². The molecule has 37 heavy (non-hydrogen) atoms. The number of allylic oxidation sites excluding steroid dienone is 1. The highest BCUT2D eigenvalue weighted by Gasteiger charge is 2.33. The van der Waals surface area contributed by atoms with E-state index in [4.69, 9.17) is 14.2 Å². The quantitative estimate of drug-likeness (QED) is 0.363. The molecule has 4 rings (SSSR count). The Labute approximate surface area is 215 Å². The normalized spacial score (nSPS) is 15.0. The molecule has 0 fully saturated rings. The number of rotatable bonds is 6. The lowest BCUT2D eigenvalue weighted by Crippen LogP contribution is -2.39. The maximum Gasteiger partial charge on any atom is 0.338 e. The van der Waals surface area contributed by atoms with Crippen LogP contribution in [0, 0.1) is 0 Å². The molecule has 0 radical (unpaired) electrons. The molecular weight excluding hydrogens is 496 g/mol. The van der Waals surface area contributed by atoms with Gasteiger partial charge in [-0.3, -0.25) is 19.0 Å². The van der Waals surface area contributed by atoms with Crippen LogP contribution in [0.3, 0.4) is 0 Å². The molecule has 2 aromatic carbocycles. The van der Waals surface area contributed by atoms with Crippen molar-refractivity contribution in [3.63, 3.8) is 0 Å². The van der Waals surface area contributed by atoms with Gasteiger partial charge in [-0.2, -0.15) is 0 Å². The van der Waals surface area contributed by atoms with Gasteiger partial charge in [0.25, 0.3) is 5.56 Å². The summed E-state index contributed by atoms with van der Waals surface area (Å²) in [6, 6.07) is 13.0. The van der Waals surface area contributed by atoms with Gasteiger partial charge in [-0.25, -0.2) is 9.79 Å². The zero-order valence-electron chi connectivity index (χ0n) is 20.6. The molecule has 1 aromatic heterocycles. The predicted octanol–water partition coefficient (Wildman–Crippen LogP) is 2.65. The second-order valence-corrected chi connectivity index (χ2v) is 9.11. The molecule has 1 aliphatic rings. The molecule has 1 atom stereocenters. The lowest BCUT2D eigenvalue weighted by Gasteiger charge is -2.24. The van der Waals surface area contributed by atoms with Gasteiger partial charge >= 0.3 is 17.9 Å². The first-order valence-corrected chi connectivity index (χ1v) is 12.3. The average Bonchev–Trinajstić information content (AvgIpc) is 3.14. The van der Waals surface area contributed by atoms with E-state index in [1.165, 1.54) is 30.5 Å². The number of fused-ring (bicyclic) bond motifs is 1. The molecule has 0 unspecified atom stereocenters. The van der Waals surface area contributed by atoms with Crippen molar-refractivity contribution in [3.05, 3.63) is 90.6 Å². The Kier molecular flexibility index (Phi) is 7.49. The predicted molar refractivity (Wildman–Crippen MR) is 136 cm³/mol. The van der Waals surface area contributed by atoms with Crippen molar-refractivity contribution >= 4 is 35.3 Å². The molecule has 3 aromatic rings. The van der Waals surface area contributed by atoms with Gasteiger partial charge in [0.05, 0.1) is 28.5 Å². The molecule has 0 bridgehead atoms. The minimum atomic E-state index is -0.724. The highest BCUT2D eigenvalue weighted by Crippen LogP contribution is 2.31. The lowest BCUT2D eigenvalue weighted by molar-refractivity contribution is -0.139. The van der Waals surface area contributed by atoms with Crippen LogP contribution in [-0.2, 0) is 19.1 Å². The monoisotopic (exact) mass is 520 g/mol. The fourth-order valence-electron chi connectivity index (χ4n) is 3.99. The molecule has 2 heterocycles. The van der Waals surface area contributed by atoms with Crippen LogP contribution in [0.2, 0.25) is 0 Å². The summed E-state index contributed by atoms with van der Waals surface area (Å²) in [6.07, 6.45) is 1.57. The van der Waals surface area contributed by atoms with Gasteiger partial charge in [0.2, 0.25) is 0 Å². The molecule has 0 spiro atoms. The Bertz CT molecular complexity index is 1600. The SMILES string of the molecule is CCOC(=O)C1=C(C)N=c2sc(=Cc3ccc(OC(C)=O)cc3OC(C)=O)c(=O)n2[C@@H]1c1ccccc1. The highest BCUT2D eigenvalue weighted by atomic mass is 32.1. The lowest BCUT2D eigenvalue weighted by atomic mass is 9.96. The second kappa shape index (κ2) is 10.8. The van der Waals surface area contributed by atoms with Crippen molar-refractivity contribution in [2.24, 2.45) is 4.99 Å². The zero-order chi connectivity index (χ0) is 26.7. The number of carbonyl (C=O) groups excluding carboxylic acids is 3. The van der Waals surface area contributed by atoms with Crippen LogP contribution in [-0.4, -0.2) is 29.1 Å². The minimum absolute atomic E-state index is 0.125. The molecule has 0 N–H and O–H groups in total. The largest absolute Gasteiger partial charge is 0.463 e. The van der Waals surface area contributed by atoms with Gasteiger partial charge in [0.1, 0.15) is 11.5 Å². The van der Waals surface area contributed by atoms with Gasteiger partial charge in [-0.15, -0.1) is 0 Å². The van der Waals surface area contributed by atoms with Crippen molar-refractivity contribution in [1.29, 1.82) is 0 Å². The molecule has 190 valence electrons. The zero-order valence-corrected chi connectivity index (χ0v) is 21.5. The first-order valence-electron chi connectivity index (χ1n) is 11.4. The van der Waals surface area contributed by atoms with Crippen LogP contribution in [0.1, 0.15) is 44.9 Å². The van der Waals surface area contributed by atoms with Crippen molar-refractivity contribution in [3.8, 4) is 11.5 Å². The third kappa shape index (κ3) is 5.44. The van der Waals surface area contributed by atoms with E-state index in [1.807, 2.05) is 30.3 Å². The smallest absolute Gasteiger partial charge is 0.338 e. The molecule has 1 aliphatic heterocycles. The van der Waals surface area contributed by atoms with Crippen molar-refractivity contribution < 1.29 is 28.6 Å². The topological polar surface area (TPSA) is 113 Å². The summed E-state index contributed by atoms with van der Waals surface area (Å²) in [5, 5.41) is 0. The fraction of sp³-hybridized carbons (Fsp3) is 0.222. The van der Waals surface area contributed by atoms with E-state index in [-0.39, 0.29) is 23.7 Å².